The van der Waals surface area contributed by atoms with Crippen LogP contribution in [0.4, 0.5) is 0 Å². The van der Waals surface area contributed by atoms with Crippen molar-refractivity contribution in [3.8, 4) is 11.4 Å². The molecule has 90 valence electrons. The van der Waals surface area contributed by atoms with Crippen molar-refractivity contribution in [1.82, 2.24) is 19.8 Å². The standard InChI is InChI=1S/C11H5BrCl2N4/c12-7-3-1-2-6(10(7)14)11-16-15-9-5-4-8(13)17-18(9)11/h1-5H. The van der Waals surface area contributed by atoms with Crippen molar-refractivity contribution < 1.29 is 0 Å². The van der Waals surface area contributed by atoms with Crippen molar-refractivity contribution in [2.75, 3.05) is 0 Å². The SMILES string of the molecule is Clc1ccc2nnc(-c3cccc(Br)c3Cl)n2n1. The molecule has 0 fully saturated rings. The first-order valence-electron chi connectivity index (χ1n) is 4.99. The third-order valence-corrected chi connectivity index (χ3v) is 3.92. The van der Waals surface area contributed by atoms with Crippen LogP contribution in [0.5, 0.6) is 0 Å². The number of fused-ring (bicyclic) bond motifs is 1. The van der Waals surface area contributed by atoms with E-state index in [1.54, 1.807) is 16.6 Å². The van der Waals surface area contributed by atoms with Crippen molar-refractivity contribution in [1.29, 1.82) is 0 Å². The van der Waals surface area contributed by atoms with Crippen LogP contribution in [0.15, 0.2) is 34.8 Å². The van der Waals surface area contributed by atoms with Crippen molar-refractivity contribution >= 4 is 44.8 Å². The van der Waals surface area contributed by atoms with E-state index in [0.29, 0.717) is 21.6 Å². The molecule has 1 aromatic carbocycles. The van der Waals surface area contributed by atoms with E-state index in [1.165, 1.54) is 0 Å². The topological polar surface area (TPSA) is 43.1 Å². The predicted octanol–water partition coefficient (Wildman–Crippen LogP) is 3.86. The van der Waals surface area contributed by atoms with Crippen molar-refractivity contribution in [2.45, 2.75) is 0 Å². The molecule has 3 aromatic rings. The van der Waals surface area contributed by atoms with Crippen LogP contribution >= 0.6 is 39.1 Å². The Bertz CT molecular complexity index is 741. The monoisotopic (exact) mass is 342 g/mol. The molecule has 0 saturated carbocycles. The maximum atomic E-state index is 6.24. The molecule has 0 bridgehead atoms. The van der Waals surface area contributed by atoms with E-state index in [-0.39, 0.29) is 0 Å². The molecule has 18 heavy (non-hydrogen) atoms. The second-order valence-electron chi connectivity index (χ2n) is 3.55. The van der Waals surface area contributed by atoms with Gasteiger partial charge >= 0.3 is 0 Å². The number of aromatic nitrogens is 4. The summed E-state index contributed by atoms with van der Waals surface area (Å²) < 4.78 is 2.36. The molecule has 0 aliphatic heterocycles. The third kappa shape index (κ3) is 1.88. The first-order valence-corrected chi connectivity index (χ1v) is 6.54. The molecule has 0 saturated heterocycles. The maximum Gasteiger partial charge on any atom is 0.186 e. The van der Waals surface area contributed by atoms with E-state index in [4.69, 9.17) is 23.2 Å². The van der Waals surface area contributed by atoms with Crippen molar-refractivity contribution in [3.05, 3.63) is 45.0 Å². The van der Waals surface area contributed by atoms with E-state index in [9.17, 15) is 0 Å². The molecule has 3 rings (SSSR count). The molecule has 0 N–H and O–H groups in total. The van der Waals surface area contributed by atoms with Crippen LogP contribution in [-0.4, -0.2) is 19.8 Å². The highest BCUT2D eigenvalue weighted by molar-refractivity contribution is 9.10. The fraction of sp³-hybridized carbons (Fsp3) is 0. The summed E-state index contributed by atoms with van der Waals surface area (Å²) in [7, 11) is 0. The first-order chi connectivity index (χ1) is 8.66. The van der Waals surface area contributed by atoms with Crippen LogP contribution in [-0.2, 0) is 0 Å². The van der Waals surface area contributed by atoms with Gasteiger partial charge < -0.3 is 0 Å². The summed E-state index contributed by atoms with van der Waals surface area (Å²) in [6.07, 6.45) is 0. The molecule has 0 atom stereocenters. The molecule has 0 aliphatic carbocycles. The molecule has 2 heterocycles. The van der Waals surface area contributed by atoms with Gasteiger partial charge in [-0.25, -0.2) is 0 Å². The van der Waals surface area contributed by atoms with Gasteiger partial charge in [-0.1, -0.05) is 29.3 Å². The smallest absolute Gasteiger partial charge is 0.186 e. The molecule has 2 aromatic heterocycles. The summed E-state index contributed by atoms with van der Waals surface area (Å²) in [6, 6.07) is 8.99. The summed E-state index contributed by atoms with van der Waals surface area (Å²) in [5.41, 5.74) is 1.36. The zero-order chi connectivity index (χ0) is 12.7. The largest absolute Gasteiger partial charge is 0.191 e. The van der Waals surface area contributed by atoms with Crippen LogP contribution < -0.4 is 0 Å². The highest BCUT2D eigenvalue weighted by Crippen LogP contribution is 2.32. The molecule has 0 unspecified atom stereocenters. The molecule has 0 spiro atoms. The molecular weight excluding hydrogens is 339 g/mol. The lowest BCUT2D eigenvalue weighted by Gasteiger charge is -2.03. The van der Waals surface area contributed by atoms with Gasteiger partial charge in [-0.05, 0) is 40.2 Å². The number of benzene rings is 1. The van der Waals surface area contributed by atoms with Gasteiger partial charge in [-0.3, -0.25) is 0 Å². The fourth-order valence-corrected chi connectivity index (χ4v) is 2.33. The number of hydrogen-bond acceptors (Lipinski definition) is 3. The van der Waals surface area contributed by atoms with Crippen LogP contribution in [0.3, 0.4) is 0 Å². The Morgan fingerprint density at radius 3 is 2.72 bits per heavy atom. The van der Waals surface area contributed by atoms with E-state index < -0.39 is 0 Å². The van der Waals surface area contributed by atoms with E-state index in [0.717, 1.165) is 10.0 Å². The van der Waals surface area contributed by atoms with Crippen molar-refractivity contribution in [2.24, 2.45) is 0 Å². The first kappa shape index (κ1) is 11.9. The lowest BCUT2D eigenvalue weighted by Crippen LogP contribution is -1.95. The van der Waals surface area contributed by atoms with Gasteiger partial charge in [-0.15, -0.1) is 10.2 Å². The van der Waals surface area contributed by atoms with Gasteiger partial charge in [0.05, 0.1) is 5.02 Å². The van der Waals surface area contributed by atoms with Crippen molar-refractivity contribution in [3.63, 3.8) is 0 Å². The molecule has 0 aliphatic rings. The van der Waals surface area contributed by atoms with E-state index in [1.807, 2.05) is 18.2 Å². The Kier molecular flexibility index (Phi) is 2.97. The molecule has 0 radical (unpaired) electrons. The average molecular weight is 344 g/mol. The summed E-state index contributed by atoms with van der Waals surface area (Å²) in [5, 5.41) is 13.2. The Hall–Kier alpha value is -1.17. The van der Waals surface area contributed by atoms with Crippen LogP contribution in [0.25, 0.3) is 17.0 Å². The van der Waals surface area contributed by atoms with E-state index >= 15 is 0 Å². The highest BCUT2D eigenvalue weighted by atomic mass is 79.9. The lowest BCUT2D eigenvalue weighted by atomic mass is 10.2. The van der Waals surface area contributed by atoms with Gasteiger partial charge in [0.25, 0.3) is 0 Å². The number of nitrogens with zero attached hydrogens (tertiary/aromatic N) is 4. The maximum absolute atomic E-state index is 6.24. The minimum absolute atomic E-state index is 0.370. The Morgan fingerprint density at radius 2 is 1.89 bits per heavy atom. The Morgan fingerprint density at radius 1 is 1.06 bits per heavy atom. The zero-order valence-corrected chi connectivity index (χ0v) is 11.9. The van der Waals surface area contributed by atoms with E-state index in [2.05, 4.69) is 31.2 Å². The van der Waals surface area contributed by atoms with Crippen LogP contribution in [0.1, 0.15) is 0 Å². The van der Waals surface area contributed by atoms with Crippen LogP contribution in [0, 0.1) is 0 Å². The fourth-order valence-electron chi connectivity index (χ4n) is 1.61. The Labute approximate surface area is 121 Å². The average Bonchev–Trinajstić information content (AvgIpc) is 2.75. The minimum Gasteiger partial charge on any atom is -0.191 e. The van der Waals surface area contributed by atoms with Gasteiger partial charge in [-0.2, -0.15) is 9.61 Å². The van der Waals surface area contributed by atoms with Crippen LogP contribution in [0.2, 0.25) is 10.2 Å². The molecule has 0 amide bonds. The second kappa shape index (κ2) is 4.50. The summed E-state index contributed by atoms with van der Waals surface area (Å²) in [4.78, 5) is 0. The quantitative estimate of drug-likeness (QED) is 0.673. The second-order valence-corrected chi connectivity index (χ2v) is 5.17. The van der Waals surface area contributed by atoms with Gasteiger partial charge in [0.1, 0.15) is 5.15 Å². The minimum atomic E-state index is 0.370. The van der Waals surface area contributed by atoms with Gasteiger partial charge in [0.15, 0.2) is 11.5 Å². The number of halogens is 3. The summed E-state index contributed by atoms with van der Waals surface area (Å²) in [6.45, 7) is 0. The Balaban J connectivity index is 2.32. The zero-order valence-electron chi connectivity index (χ0n) is 8.81. The highest BCUT2D eigenvalue weighted by Gasteiger charge is 2.14. The normalized spacial score (nSPS) is 11.1. The predicted molar refractivity (Wildman–Crippen MR) is 73.9 cm³/mol. The summed E-state index contributed by atoms with van der Waals surface area (Å²) >= 11 is 15.5. The summed E-state index contributed by atoms with van der Waals surface area (Å²) in [5.74, 6) is 0.554. The molecule has 4 nitrogen and oxygen atoms in total. The number of rotatable bonds is 1. The van der Waals surface area contributed by atoms with Gasteiger partial charge in [0.2, 0.25) is 0 Å². The molecule has 7 heteroatoms. The molecular formula is C11H5BrCl2N4. The lowest BCUT2D eigenvalue weighted by molar-refractivity contribution is 0.936. The number of hydrogen-bond donors (Lipinski definition) is 0. The van der Waals surface area contributed by atoms with Gasteiger partial charge in [0, 0.05) is 10.0 Å². The third-order valence-electron chi connectivity index (χ3n) is 2.42.